The Kier molecular flexibility index (Phi) is 13.5. The minimum Gasteiger partial charge on any atom is -0.489 e. The lowest BCUT2D eigenvalue weighted by Crippen LogP contribution is -2.63. The van der Waals surface area contributed by atoms with Crippen LogP contribution < -0.4 is 29.1 Å². The molecule has 6 heterocycles. The number of nitrogens with one attached hydrogen (secondary N) is 3. The van der Waals surface area contributed by atoms with Gasteiger partial charge in [-0.2, -0.15) is 4.98 Å². The number of aromatic amines is 1. The van der Waals surface area contributed by atoms with Crippen molar-refractivity contribution in [3.63, 3.8) is 0 Å². The highest BCUT2D eigenvalue weighted by Gasteiger charge is 2.49. The number of nitro groups is 1. The summed E-state index contributed by atoms with van der Waals surface area (Å²) >= 11 is 0. The van der Waals surface area contributed by atoms with E-state index in [0.717, 1.165) is 70.3 Å². The lowest BCUT2D eigenvalue weighted by Gasteiger charge is -2.57. The van der Waals surface area contributed by atoms with Crippen LogP contribution in [0, 0.1) is 27.3 Å². The Hall–Kier alpha value is -6.02. The largest absolute Gasteiger partial charge is 0.489 e. The highest BCUT2D eigenvalue weighted by Crippen LogP contribution is 2.50. The van der Waals surface area contributed by atoms with Gasteiger partial charge in [0.15, 0.2) is 17.2 Å². The molecule has 0 bridgehead atoms. The first kappa shape index (κ1) is 50.2. The lowest BCUT2D eigenvalue weighted by molar-refractivity contribution is -0.384. The van der Waals surface area contributed by atoms with Crippen molar-refractivity contribution in [2.24, 2.45) is 11.3 Å². The molecule has 4 aliphatic heterocycles. The van der Waals surface area contributed by atoms with Crippen molar-refractivity contribution in [1.29, 1.82) is 0 Å². The van der Waals surface area contributed by atoms with E-state index in [0.29, 0.717) is 50.1 Å². The average molecular weight is 1040 g/mol. The van der Waals surface area contributed by atoms with Gasteiger partial charge in [0.25, 0.3) is 27.5 Å². The van der Waals surface area contributed by atoms with Crippen LogP contribution in [-0.2, 0) is 10.0 Å². The number of hydrogen-bond acceptors (Lipinski definition) is 14. The Labute approximate surface area is 431 Å². The van der Waals surface area contributed by atoms with E-state index in [1.165, 1.54) is 54.8 Å². The monoisotopic (exact) mass is 1030 g/mol. The summed E-state index contributed by atoms with van der Waals surface area (Å²) in [4.78, 5) is 40.3. The Morgan fingerprint density at radius 3 is 2.50 bits per heavy atom. The summed E-state index contributed by atoms with van der Waals surface area (Å²) in [7, 11) is -4.77. The number of likely N-dealkylation sites (tertiary alicyclic amines) is 2. The van der Waals surface area contributed by atoms with Crippen LogP contribution in [0.4, 0.5) is 21.5 Å². The fourth-order valence-electron chi connectivity index (χ4n) is 12.5. The maximum atomic E-state index is 15.2. The molecule has 2 saturated carbocycles. The van der Waals surface area contributed by atoms with Crippen LogP contribution in [0.5, 0.6) is 23.1 Å². The molecule has 3 saturated heterocycles. The second-order valence-electron chi connectivity index (χ2n) is 22.3. The highest BCUT2D eigenvalue weighted by atomic mass is 32.2. The maximum absolute atomic E-state index is 15.2. The summed E-state index contributed by atoms with van der Waals surface area (Å²) in [5, 5.41) is 26.4. The molecule has 3 atom stereocenters. The van der Waals surface area contributed by atoms with Gasteiger partial charge in [0.2, 0.25) is 0 Å². The van der Waals surface area contributed by atoms with E-state index in [2.05, 4.69) is 72.8 Å². The fraction of sp³-hybridized carbons (Fsp3) is 0.527. The molecule has 394 valence electrons. The quantitative estimate of drug-likeness (QED) is 0.0571. The van der Waals surface area contributed by atoms with Gasteiger partial charge in [0.1, 0.15) is 30.4 Å². The molecule has 0 unspecified atom stereocenters. The number of amides is 1. The van der Waals surface area contributed by atoms with Gasteiger partial charge in [0, 0.05) is 74.9 Å². The molecule has 3 aromatic carbocycles. The number of fused-ring (bicyclic) bond motifs is 2. The first-order chi connectivity index (χ1) is 35.5. The number of carbonyl (C=O) groups excluding carboxylic acids is 1. The average Bonchev–Trinajstić information content (AvgIpc) is 4.00. The normalized spacial score (nSPS) is 24.9. The molecular weight excluding hydrogens is 968 g/mol. The van der Waals surface area contributed by atoms with Crippen LogP contribution in [-0.4, -0.2) is 121 Å². The predicted octanol–water partition coefficient (Wildman–Crippen LogP) is 9.08. The molecule has 5 aromatic rings. The van der Waals surface area contributed by atoms with Crippen molar-refractivity contribution in [2.45, 2.75) is 119 Å². The number of halogens is 1. The molecule has 6 aliphatic rings. The van der Waals surface area contributed by atoms with Crippen molar-refractivity contribution in [3.05, 3.63) is 99.5 Å². The van der Waals surface area contributed by atoms with E-state index < -0.39 is 42.9 Å². The Morgan fingerprint density at radius 1 is 1.00 bits per heavy atom. The second kappa shape index (κ2) is 19.9. The molecule has 4 N–H and O–H groups in total. The molecule has 17 nitrogen and oxygen atoms in total. The summed E-state index contributed by atoms with van der Waals surface area (Å²) in [6.07, 6.45) is 10.4. The van der Waals surface area contributed by atoms with Crippen LogP contribution >= 0.6 is 0 Å². The van der Waals surface area contributed by atoms with Crippen LogP contribution in [0.3, 0.4) is 0 Å². The van der Waals surface area contributed by atoms with Crippen LogP contribution in [0.25, 0.3) is 11.0 Å². The summed E-state index contributed by atoms with van der Waals surface area (Å²) in [6.45, 7) is 12.9. The molecule has 74 heavy (non-hydrogen) atoms. The van der Waals surface area contributed by atoms with Gasteiger partial charge in [-0.15, -0.1) is 0 Å². The summed E-state index contributed by atoms with van der Waals surface area (Å²) in [5.41, 5.74) is 2.75. The van der Waals surface area contributed by atoms with Crippen molar-refractivity contribution in [2.75, 3.05) is 69.2 Å². The molecule has 0 radical (unpaired) electrons. The van der Waals surface area contributed by atoms with Gasteiger partial charge in [-0.05, 0) is 124 Å². The fourth-order valence-corrected chi connectivity index (χ4v) is 13.5. The minimum absolute atomic E-state index is 0.0222. The minimum atomic E-state index is -4.77. The van der Waals surface area contributed by atoms with E-state index in [1.54, 1.807) is 19.1 Å². The Balaban J connectivity index is 0.846. The van der Waals surface area contributed by atoms with Gasteiger partial charge in [-0.1, -0.05) is 44.5 Å². The number of nitrogens with zero attached hydrogens (tertiary/aromatic N) is 5. The summed E-state index contributed by atoms with van der Waals surface area (Å²) in [6, 6.07) is 17.7. The number of pyridine rings is 1. The van der Waals surface area contributed by atoms with E-state index in [-0.39, 0.29) is 76.0 Å². The zero-order valence-electron chi connectivity index (χ0n) is 42.4. The molecule has 1 amide bonds. The van der Waals surface area contributed by atoms with E-state index >= 15 is 4.39 Å². The van der Waals surface area contributed by atoms with Crippen molar-refractivity contribution in [3.8, 4) is 23.1 Å². The van der Waals surface area contributed by atoms with Crippen LogP contribution in [0.2, 0.25) is 0 Å². The zero-order valence-corrected chi connectivity index (χ0v) is 43.2. The molecular formula is C55H67FN8O9S. The maximum Gasteiger partial charge on any atom is 0.297 e. The highest BCUT2D eigenvalue weighted by molar-refractivity contribution is 7.90. The van der Waals surface area contributed by atoms with Gasteiger partial charge in [-0.25, -0.2) is 17.5 Å². The van der Waals surface area contributed by atoms with E-state index in [1.807, 2.05) is 0 Å². The third-order valence-electron chi connectivity index (χ3n) is 17.0. The molecule has 2 aromatic heterocycles. The Bertz CT molecular complexity index is 3050. The van der Waals surface area contributed by atoms with E-state index in [4.69, 9.17) is 14.2 Å². The third kappa shape index (κ3) is 9.99. The number of carbonyl (C=O) groups is 1. The number of aromatic nitrogens is 2. The number of ether oxygens (including phenoxy) is 3. The van der Waals surface area contributed by atoms with E-state index in [9.17, 15) is 28.4 Å². The SMILES string of the molecule is CC(C)c1ccccc1[C@H]1CCC[C@H]1N1CC2(CCN(c3ccc(C(=O)NS(=O)(=O)c4cc5c(c([N+](=O)[O-])c4)N[C@@H](C4CCC(C)(O)CC4)CO5)c(Oc4cc5c(F)c[nH]c5nc4OCCN4CCC4)c3)CC2)C1. The molecule has 11 rings (SSSR count). The molecule has 2 aliphatic carbocycles. The number of sulfonamides is 1. The number of rotatable bonds is 15. The predicted molar refractivity (Wildman–Crippen MR) is 279 cm³/mol. The number of anilines is 2. The van der Waals surface area contributed by atoms with Crippen molar-refractivity contribution >= 4 is 44.0 Å². The Morgan fingerprint density at radius 2 is 1.77 bits per heavy atom. The molecule has 19 heteroatoms. The standard InChI is InChI=1S/C55H67FN8O9S/c1-34(2)38-8-4-5-9-39(38)40-10-6-11-45(40)63-32-55(33-63)18-22-62(23-19-55)36-12-13-41(47(26-36)73-49-29-42-43(56)30-57-51(42)59-53(49)71-25-24-61-20-7-21-61)52(65)60-74(69,70)37-27-46(64(67)68)50-48(28-37)72-31-44(58-50)35-14-16-54(3,66)17-15-35/h4-5,8-9,12-13,26-30,34-35,40,44-45,58,66H,6-7,10-11,14-25,31-33H2,1-3H3,(H,57,59)(H,60,65)/t35?,40-,44-,45-,54?/m1/s1. The third-order valence-corrected chi connectivity index (χ3v) is 18.3. The van der Waals surface area contributed by atoms with Crippen LogP contribution in [0.1, 0.15) is 118 Å². The number of benzene rings is 3. The van der Waals surface area contributed by atoms with Gasteiger partial charge in [-0.3, -0.25) is 24.7 Å². The first-order valence-corrected chi connectivity index (χ1v) is 27.9. The lowest BCUT2D eigenvalue weighted by atomic mass is 9.70. The smallest absolute Gasteiger partial charge is 0.297 e. The summed E-state index contributed by atoms with van der Waals surface area (Å²) < 4.78 is 64.4. The van der Waals surface area contributed by atoms with Gasteiger partial charge in [0.05, 0.1) is 32.4 Å². The molecule has 1 spiro atoms. The summed E-state index contributed by atoms with van der Waals surface area (Å²) in [5.74, 6) is -0.518. The number of H-pyrrole nitrogens is 1. The molecule has 5 fully saturated rings. The van der Waals surface area contributed by atoms with Crippen LogP contribution in [0.15, 0.2) is 71.8 Å². The van der Waals surface area contributed by atoms with Gasteiger partial charge < -0.3 is 34.5 Å². The van der Waals surface area contributed by atoms with Gasteiger partial charge >= 0.3 is 0 Å². The van der Waals surface area contributed by atoms with Crippen molar-refractivity contribution < 1.29 is 41.8 Å². The van der Waals surface area contributed by atoms with Crippen molar-refractivity contribution in [1.82, 2.24) is 24.5 Å². The number of aliphatic hydroxyl groups is 1. The number of nitro benzene ring substituents is 1. The second-order valence-corrected chi connectivity index (χ2v) is 24.0. The number of piperidine rings is 1. The first-order valence-electron chi connectivity index (χ1n) is 26.5. The number of hydrogen-bond donors (Lipinski definition) is 4. The topological polar surface area (TPSA) is 205 Å². The zero-order chi connectivity index (χ0) is 51.5.